The molecule has 0 aliphatic heterocycles. The minimum absolute atomic E-state index is 0.521. The van der Waals surface area contributed by atoms with Crippen molar-refractivity contribution in [1.29, 1.82) is 0 Å². The fourth-order valence-corrected chi connectivity index (χ4v) is 3.14. The van der Waals surface area contributed by atoms with Crippen LogP contribution in [-0.2, 0) is 6.54 Å². The van der Waals surface area contributed by atoms with Crippen LogP contribution in [0, 0.1) is 0 Å². The number of nitrogens with two attached hydrogens (primary N) is 1. The molecule has 2 aromatic carbocycles. The van der Waals surface area contributed by atoms with Crippen molar-refractivity contribution >= 4 is 21.8 Å². The number of hydrogen-bond acceptors (Lipinski definition) is 1. The molecule has 104 valence electrons. The van der Waals surface area contributed by atoms with Gasteiger partial charge in [-0.25, -0.2) is 0 Å². The molecule has 0 spiro atoms. The fraction of sp³-hybridized carbons (Fsp3) is 0.333. The molecule has 0 bridgehead atoms. The maximum atomic E-state index is 5.69. The first-order valence-electron chi connectivity index (χ1n) is 7.47. The number of para-hydroxylation sites is 1. The van der Waals surface area contributed by atoms with Crippen LogP contribution in [0.5, 0.6) is 0 Å². The number of aryl methyl sites for hydroxylation is 1. The van der Waals surface area contributed by atoms with Crippen molar-refractivity contribution in [1.82, 2.24) is 4.57 Å². The van der Waals surface area contributed by atoms with Gasteiger partial charge in [-0.3, -0.25) is 0 Å². The van der Waals surface area contributed by atoms with Gasteiger partial charge in [-0.05, 0) is 49.6 Å². The minimum atomic E-state index is 0.521. The van der Waals surface area contributed by atoms with Crippen LogP contribution in [0.2, 0.25) is 0 Å². The summed E-state index contributed by atoms with van der Waals surface area (Å²) in [6, 6.07) is 15.5. The van der Waals surface area contributed by atoms with Gasteiger partial charge in [0.15, 0.2) is 0 Å². The predicted octanol–water partition coefficient (Wildman–Crippen LogP) is 4.27. The van der Waals surface area contributed by atoms with E-state index in [2.05, 4.69) is 60.9 Å². The zero-order valence-electron chi connectivity index (χ0n) is 12.3. The second-order valence-electron chi connectivity index (χ2n) is 5.52. The van der Waals surface area contributed by atoms with E-state index in [-0.39, 0.29) is 0 Å². The summed E-state index contributed by atoms with van der Waals surface area (Å²) in [5.74, 6) is 0.521. The number of benzene rings is 2. The van der Waals surface area contributed by atoms with Gasteiger partial charge < -0.3 is 10.3 Å². The van der Waals surface area contributed by atoms with Crippen molar-refractivity contribution in [3.63, 3.8) is 0 Å². The van der Waals surface area contributed by atoms with Crippen LogP contribution >= 0.6 is 0 Å². The Hall–Kier alpha value is -1.80. The zero-order valence-corrected chi connectivity index (χ0v) is 12.3. The molecule has 3 rings (SSSR count). The maximum absolute atomic E-state index is 5.69. The maximum Gasteiger partial charge on any atom is 0.0491 e. The third-order valence-electron chi connectivity index (χ3n) is 4.28. The zero-order chi connectivity index (χ0) is 14.1. The number of aromatic nitrogens is 1. The van der Waals surface area contributed by atoms with Crippen molar-refractivity contribution in [2.24, 2.45) is 5.73 Å². The largest absolute Gasteiger partial charge is 0.341 e. The Morgan fingerprint density at radius 1 is 1.05 bits per heavy atom. The van der Waals surface area contributed by atoms with Crippen molar-refractivity contribution in [3.05, 3.63) is 48.0 Å². The molecular formula is C18H22N2. The van der Waals surface area contributed by atoms with E-state index < -0.39 is 0 Å². The van der Waals surface area contributed by atoms with Crippen LogP contribution in [0.3, 0.4) is 0 Å². The number of rotatable bonds is 4. The van der Waals surface area contributed by atoms with E-state index in [0.29, 0.717) is 5.92 Å². The third-order valence-corrected chi connectivity index (χ3v) is 4.28. The van der Waals surface area contributed by atoms with Crippen LogP contribution in [0.15, 0.2) is 42.5 Å². The molecule has 1 heterocycles. The Labute approximate surface area is 120 Å². The SMILES string of the molecule is CCn1c2ccccc2c2cc(C(C)CCN)ccc21. The quantitative estimate of drug-likeness (QED) is 0.751. The molecule has 0 aliphatic carbocycles. The molecule has 2 heteroatoms. The second-order valence-corrected chi connectivity index (χ2v) is 5.52. The summed E-state index contributed by atoms with van der Waals surface area (Å²) in [5, 5.41) is 2.72. The van der Waals surface area contributed by atoms with E-state index in [1.165, 1.54) is 27.4 Å². The topological polar surface area (TPSA) is 30.9 Å². The standard InChI is InChI=1S/C18H22N2/c1-3-20-17-7-5-4-6-15(17)16-12-14(8-9-18(16)20)13(2)10-11-19/h4-9,12-13H,3,10-11,19H2,1-2H3. The van der Waals surface area contributed by atoms with Gasteiger partial charge in [-0.2, -0.15) is 0 Å². The molecule has 1 aromatic heterocycles. The predicted molar refractivity (Wildman–Crippen MR) is 87.2 cm³/mol. The van der Waals surface area contributed by atoms with Gasteiger partial charge in [0.2, 0.25) is 0 Å². The van der Waals surface area contributed by atoms with E-state index >= 15 is 0 Å². The normalized spacial score (nSPS) is 13.2. The monoisotopic (exact) mass is 266 g/mol. The van der Waals surface area contributed by atoms with Gasteiger partial charge in [-0.1, -0.05) is 31.2 Å². The Balaban J connectivity index is 2.26. The molecule has 1 unspecified atom stereocenters. The lowest BCUT2D eigenvalue weighted by molar-refractivity contribution is 0.691. The van der Waals surface area contributed by atoms with Gasteiger partial charge in [-0.15, -0.1) is 0 Å². The van der Waals surface area contributed by atoms with E-state index in [0.717, 1.165) is 19.5 Å². The molecule has 3 aromatic rings. The molecule has 0 radical (unpaired) electrons. The molecule has 0 saturated heterocycles. The summed E-state index contributed by atoms with van der Waals surface area (Å²) >= 11 is 0. The van der Waals surface area contributed by atoms with Crippen molar-refractivity contribution in [2.75, 3.05) is 6.54 Å². The highest BCUT2D eigenvalue weighted by Crippen LogP contribution is 2.31. The Kier molecular flexibility index (Phi) is 3.49. The second kappa shape index (κ2) is 5.29. The van der Waals surface area contributed by atoms with Crippen molar-refractivity contribution < 1.29 is 0 Å². The van der Waals surface area contributed by atoms with Gasteiger partial charge in [0.25, 0.3) is 0 Å². The fourth-order valence-electron chi connectivity index (χ4n) is 3.14. The summed E-state index contributed by atoms with van der Waals surface area (Å²) in [6.07, 6.45) is 1.04. The Morgan fingerprint density at radius 3 is 2.55 bits per heavy atom. The molecule has 0 fully saturated rings. The van der Waals surface area contributed by atoms with Crippen LogP contribution in [0.1, 0.15) is 31.7 Å². The van der Waals surface area contributed by atoms with Crippen LogP contribution in [0.25, 0.3) is 21.8 Å². The van der Waals surface area contributed by atoms with E-state index in [9.17, 15) is 0 Å². The van der Waals surface area contributed by atoms with E-state index in [1.54, 1.807) is 0 Å². The Bertz CT molecular complexity index is 740. The first-order valence-corrected chi connectivity index (χ1v) is 7.47. The van der Waals surface area contributed by atoms with Crippen molar-refractivity contribution in [2.45, 2.75) is 32.7 Å². The van der Waals surface area contributed by atoms with E-state index in [4.69, 9.17) is 5.73 Å². The van der Waals surface area contributed by atoms with E-state index in [1.807, 2.05) is 0 Å². The number of hydrogen-bond donors (Lipinski definition) is 1. The average Bonchev–Trinajstić information content (AvgIpc) is 2.80. The summed E-state index contributed by atoms with van der Waals surface area (Å²) < 4.78 is 2.39. The molecule has 0 amide bonds. The molecule has 2 nitrogen and oxygen atoms in total. The van der Waals surface area contributed by atoms with Gasteiger partial charge >= 0.3 is 0 Å². The van der Waals surface area contributed by atoms with Gasteiger partial charge in [0, 0.05) is 28.4 Å². The smallest absolute Gasteiger partial charge is 0.0491 e. The summed E-state index contributed by atoms with van der Waals surface area (Å²) in [4.78, 5) is 0. The number of fused-ring (bicyclic) bond motifs is 3. The highest BCUT2D eigenvalue weighted by atomic mass is 15.0. The first-order chi connectivity index (χ1) is 9.76. The molecular weight excluding hydrogens is 244 g/mol. The average molecular weight is 266 g/mol. The first kappa shape index (κ1) is 13.2. The van der Waals surface area contributed by atoms with Gasteiger partial charge in [0.05, 0.1) is 0 Å². The summed E-state index contributed by atoms with van der Waals surface area (Å²) in [6.45, 7) is 6.21. The molecule has 20 heavy (non-hydrogen) atoms. The molecule has 0 saturated carbocycles. The minimum Gasteiger partial charge on any atom is -0.341 e. The Morgan fingerprint density at radius 2 is 1.80 bits per heavy atom. The number of nitrogens with zero attached hydrogens (tertiary/aromatic N) is 1. The van der Waals surface area contributed by atoms with Crippen LogP contribution < -0.4 is 5.73 Å². The molecule has 0 aliphatic rings. The molecule has 1 atom stereocenters. The van der Waals surface area contributed by atoms with Crippen molar-refractivity contribution in [3.8, 4) is 0 Å². The summed E-state index contributed by atoms with van der Waals surface area (Å²) in [7, 11) is 0. The summed E-state index contributed by atoms with van der Waals surface area (Å²) in [5.41, 5.74) is 9.74. The lowest BCUT2D eigenvalue weighted by atomic mass is 9.96. The highest BCUT2D eigenvalue weighted by Gasteiger charge is 2.11. The van der Waals surface area contributed by atoms with Gasteiger partial charge in [0.1, 0.15) is 0 Å². The third kappa shape index (κ3) is 2.01. The highest BCUT2D eigenvalue weighted by molar-refractivity contribution is 6.08. The lowest BCUT2D eigenvalue weighted by Crippen LogP contribution is -2.04. The lowest BCUT2D eigenvalue weighted by Gasteiger charge is -2.11. The molecule has 2 N–H and O–H groups in total. The van der Waals surface area contributed by atoms with Crippen LogP contribution in [-0.4, -0.2) is 11.1 Å². The van der Waals surface area contributed by atoms with Crippen LogP contribution in [0.4, 0.5) is 0 Å².